The fraction of sp³-hybridized carbons (Fsp3) is 0.267. The number of nitrogens with zero attached hydrogens (tertiary/aromatic N) is 5. The lowest BCUT2D eigenvalue weighted by molar-refractivity contribution is -0.0156. The van der Waals surface area contributed by atoms with Gasteiger partial charge in [0.25, 0.3) is 12.3 Å². The van der Waals surface area contributed by atoms with Crippen LogP contribution in [0.5, 0.6) is 0 Å². The summed E-state index contributed by atoms with van der Waals surface area (Å²) in [6.07, 6.45) is -3.57. The molecule has 0 spiro atoms. The average molecular weight is 380 g/mol. The molecular formula is C15H14F2N6O2S. The van der Waals surface area contributed by atoms with Gasteiger partial charge in [0.2, 0.25) is 0 Å². The number of nitrogens with one attached hydrogen (secondary N) is 1. The number of aromatic nitrogens is 5. The fourth-order valence-corrected chi connectivity index (χ4v) is 2.82. The number of hydrogen-bond acceptors (Lipinski definition) is 7. The number of hydrogen-bond donors (Lipinski definition) is 2. The monoisotopic (exact) mass is 380 g/mol. The second kappa shape index (κ2) is 8.06. The van der Waals surface area contributed by atoms with Crippen LogP contribution >= 0.6 is 11.3 Å². The molecule has 1 amide bonds. The molecule has 2 aromatic heterocycles. The van der Waals surface area contributed by atoms with Crippen LogP contribution in [0, 0.1) is 0 Å². The van der Waals surface area contributed by atoms with Crippen molar-refractivity contribution in [3.8, 4) is 10.6 Å². The number of benzene rings is 1. The molecule has 0 aliphatic carbocycles. The second-order valence-corrected chi connectivity index (χ2v) is 6.34. The van der Waals surface area contributed by atoms with E-state index in [4.69, 9.17) is 5.11 Å². The minimum absolute atomic E-state index is 0.0423. The largest absolute Gasteiger partial charge is 0.385 e. The Kier molecular flexibility index (Phi) is 5.58. The number of aliphatic hydroxyl groups is 1. The van der Waals surface area contributed by atoms with Gasteiger partial charge in [-0.1, -0.05) is 46.9 Å². The minimum Gasteiger partial charge on any atom is -0.385 e. The smallest absolute Gasteiger partial charge is 0.273 e. The van der Waals surface area contributed by atoms with Crippen molar-refractivity contribution in [1.82, 2.24) is 30.5 Å². The van der Waals surface area contributed by atoms with Crippen LogP contribution in [0.25, 0.3) is 10.6 Å². The van der Waals surface area contributed by atoms with Gasteiger partial charge in [0, 0.05) is 5.56 Å². The van der Waals surface area contributed by atoms with Crippen molar-refractivity contribution >= 4 is 17.2 Å². The first-order valence-electron chi connectivity index (χ1n) is 7.55. The number of carbonyl (C=O) groups is 1. The van der Waals surface area contributed by atoms with Gasteiger partial charge in [-0.3, -0.25) is 4.79 Å². The summed E-state index contributed by atoms with van der Waals surface area (Å²) in [5, 5.41) is 28.3. The molecule has 1 aromatic carbocycles. The zero-order valence-corrected chi connectivity index (χ0v) is 14.1. The Bertz CT molecular complexity index is 870. The van der Waals surface area contributed by atoms with Crippen molar-refractivity contribution in [3.63, 3.8) is 0 Å². The molecular weight excluding hydrogens is 366 g/mol. The number of aliphatic hydroxyl groups excluding tert-OH is 1. The van der Waals surface area contributed by atoms with Crippen molar-refractivity contribution in [2.45, 2.75) is 25.6 Å². The Morgan fingerprint density at radius 2 is 2.00 bits per heavy atom. The lowest BCUT2D eigenvalue weighted by Gasteiger charge is -2.07. The molecule has 136 valence electrons. The zero-order valence-electron chi connectivity index (χ0n) is 13.3. The molecule has 0 aliphatic heterocycles. The van der Waals surface area contributed by atoms with Crippen LogP contribution in [0.2, 0.25) is 0 Å². The van der Waals surface area contributed by atoms with Crippen LogP contribution in [0.4, 0.5) is 8.78 Å². The van der Waals surface area contributed by atoms with Gasteiger partial charge < -0.3 is 10.4 Å². The maximum Gasteiger partial charge on any atom is 0.273 e. The van der Waals surface area contributed by atoms with Gasteiger partial charge in [-0.25, -0.2) is 13.5 Å². The van der Waals surface area contributed by atoms with Crippen molar-refractivity contribution in [1.29, 1.82) is 0 Å². The normalized spacial score (nSPS) is 12.3. The molecule has 0 saturated carbocycles. The predicted molar refractivity (Wildman–Crippen MR) is 88.5 cm³/mol. The molecule has 1 atom stereocenters. The Labute approximate surface area is 150 Å². The quantitative estimate of drug-likeness (QED) is 0.641. The molecule has 2 heterocycles. The molecule has 26 heavy (non-hydrogen) atoms. The van der Waals surface area contributed by atoms with E-state index in [1.165, 1.54) is 17.5 Å². The standard InChI is InChI=1S/C15H14F2N6O2S/c16-13(17)11(24)8-23-7-10(19-22-23)14(25)18-6-12-20-21-15(26-12)9-4-2-1-3-5-9/h1-5,7,11,13,24H,6,8H2,(H,18,25)/t11-/m1/s1. The summed E-state index contributed by atoms with van der Waals surface area (Å²) in [5.41, 5.74) is 0.891. The molecule has 0 bridgehead atoms. The number of amides is 1. The second-order valence-electron chi connectivity index (χ2n) is 5.28. The maximum absolute atomic E-state index is 12.3. The van der Waals surface area contributed by atoms with Crippen molar-refractivity contribution in [2.75, 3.05) is 0 Å². The third kappa shape index (κ3) is 4.43. The predicted octanol–water partition coefficient (Wildman–Crippen LogP) is 1.35. The van der Waals surface area contributed by atoms with Crippen LogP contribution in [-0.4, -0.2) is 48.7 Å². The SMILES string of the molecule is O=C(NCc1nnc(-c2ccccc2)s1)c1cn(C[C@@H](O)C(F)F)nn1. The number of rotatable bonds is 7. The van der Waals surface area contributed by atoms with Crippen molar-refractivity contribution < 1.29 is 18.7 Å². The minimum atomic E-state index is -2.90. The van der Waals surface area contributed by atoms with Gasteiger partial charge in [0.1, 0.15) is 16.1 Å². The summed E-state index contributed by atoms with van der Waals surface area (Å²) in [5.74, 6) is -0.528. The van der Waals surface area contributed by atoms with Crippen molar-refractivity contribution in [3.05, 3.63) is 47.2 Å². The Morgan fingerprint density at radius 3 is 2.73 bits per heavy atom. The van der Waals surface area contributed by atoms with Gasteiger partial charge in [0.05, 0.1) is 19.3 Å². The molecule has 3 aromatic rings. The average Bonchev–Trinajstić information content (AvgIpc) is 3.30. The first-order valence-corrected chi connectivity index (χ1v) is 8.37. The molecule has 0 fully saturated rings. The van der Waals surface area contributed by atoms with Crippen LogP contribution in [0.15, 0.2) is 36.5 Å². The molecule has 8 nitrogen and oxygen atoms in total. The Balaban J connectivity index is 1.56. The molecule has 0 saturated heterocycles. The highest BCUT2D eigenvalue weighted by Gasteiger charge is 2.19. The van der Waals surface area contributed by atoms with Gasteiger partial charge in [-0.2, -0.15) is 0 Å². The van der Waals surface area contributed by atoms with Gasteiger partial charge in [-0.15, -0.1) is 15.3 Å². The summed E-state index contributed by atoms with van der Waals surface area (Å²) >= 11 is 1.35. The molecule has 2 N–H and O–H groups in total. The fourth-order valence-electron chi connectivity index (χ4n) is 2.03. The van der Waals surface area contributed by atoms with Crippen LogP contribution in [0.3, 0.4) is 0 Å². The third-order valence-corrected chi connectivity index (χ3v) is 4.30. The van der Waals surface area contributed by atoms with E-state index in [2.05, 4.69) is 25.8 Å². The molecule has 0 aliphatic rings. The van der Waals surface area contributed by atoms with Crippen LogP contribution in [0.1, 0.15) is 15.5 Å². The van der Waals surface area contributed by atoms with E-state index in [1.54, 1.807) is 0 Å². The van der Waals surface area contributed by atoms with E-state index in [0.717, 1.165) is 15.3 Å². The summed E-state index contributed by atoms with van der Waals surface area (Å²) in [6, 6.07) is 9.52. The zero-order chi connectivity index (χ0) is 18.5. The third-order valence-electron chi connectivity index (χ3n) is 3.32. The van der Waals surface area contributed by atoms with Gasteiger partial charge >= 0.3 is 0 Å². The summed E-state index contributed by atoms with van der Waals surface area (Å²) in [7, 11) is 0. The molecule has 0 unspecified atom stereocenters. The summed E-state index contributed by atoms with van der Waals surface area (Å²) in [6.45, 7) is -0.301. The van der Waals surface area contributed by atoms with Gasteiger partial charge in [0.15, 0.2) is 5.69 Å². The number of carbonyl (C=O) groups excluding carboxylic acids is 1. The van der Waals surface area contributed by atoms with Crippen LogP contribution < -0.4 is 5.32 Å². The van der Waals surface area contributed by atoms with Crippen molar-refractivity contribution in [2.24, 2.45) is 0 Å². The van der Waals surface area contributed by atoms with Gasteiger partial charge in [-0.05, 0) is 0 Å². The highest BCUT2D eigenvalue weighted by atomic mass is 32.1. The Hall–Kier alpha value is -2.79. The topological polar surface area (TPSA) is 106 Å². The lowest BCUT2D eigenvalue weighted by Crippen LogP contribution is -2.24. The van der Waals surface area contributed by atoms with E-state index in [-0.39, 0.29) is 12.2 Å². The van der Waals surface area contributed by atoms with E-state index in [0.29, 0.717) is 5.01 Å². The van der Waals surface area contributed by atoms with E-state index in [1.807, 2.05) is 30.3 Å². The van der Waals surface area contributed by atoms with E-state index in [9.17, 15) is 13.6 Å². The summed E-state index contributed by atoms with van der Waals surface area (Å²) < 4.78 is 25.6. The molecule has 0 radical (unpaired) electrons. The lowest BCUT2D eigenvalue weighted by atomic mass is 10.2. The van der Waals surface area contributed by atoms with E-state index >= 15 is 0 Å². The highest BCUT2D eigenvalue weighted by Crippen LogP contribution is 2.22. The van der Waals surface area contributed by atoms with E-state index < -0.39 is 25.0 Å². The number of alkyl halides is 2. The number of halogens is 2. The highest BCUT2D eigenvalue weighted by molar-refractivity contribution is 7.14. The Morgan fingerprint density at radius 1 is 1.23 bits per heavy atom. The molecule has 11 heteroatoms. The summed E-state index contributed by atoms with van der Waals surface area (Å²) in [4.78, 5) is 12.0. The first kappa shape index (κ1) is 18.0. The first-order chi connectivity index (χ1) is 12.5. The van der Waals surface area contributed by atoms with Crippen LogP contribution in [-0.2, 0) is 13.1 Å². The molecule has 3 rings (SSSR count). The maximum atomic E-state index is 12.3.